The highest BCUT2D eigenvalue weighted by molar-refractivity contribution is 6.32. The lowest BCUT2D eigenvalue weighted by Crippen LogP contribution is -2.47. The first-order valence-corrected chi connectivity index (χ1v) is 7.25. The molecule has 1 aromatic rings. The van der Waals surface area contributed by atoms with Gasteiger partial charge in [-0.2, -0.15) is 5.26 Å². The number of nitriles is 1. The molecule has 1 aliphatic rings. The lowest BCUT2D eigenvalue weighted by atomic mass is 10.2. The quantitative estimate of drug-likeness (QED) is 0.795. The van der Waals surface area contributed by atoms with E-state index in [1.807, 2.05) is 12.1 Å². The van der Waals surface area contributed by atoms with Crippen molar-refractivity contribution >= 4 is 23.3 Å². The average molecular weight is 308 g/mol. The number of ether oxygens (including phenoxy) is 1. The molecule has 0 bridgehead atoms. The van der Waals surface area contributed by atoms with Gasteiger partial charge in [0, 0.05) is 38.4 Å². The summed E-state index contributed by atoms with van der Waals surface area (Å²) in [6, 6.07) is 7.58. The van der Waals surface area contributed by atoms with E-state index in [1.54, 1.807) is 6.07 Å². The van der Waals surface area contributed by atoms with Gasteiger partial charge < -0.3 is 9.64 Å². The predicted octanol–water partition coefficient (Wildman–Crippen LogP) is 1.90. The molecule has 1 aliphatic heterocycles. The number of anilines is 1. The largest absolute Gasteiger partial charge is 0.469 e. The average Bonchev–Trinajstić information content (AvgIpc) is 2.53. The van der Waals surface area contributed by atoms with Gasteiger partial charge in [0.05, 0.1) is 24.1 Å². The second-order valence-corrected chi connectivity index (χ2v) is 5.34. The van der Waals surface area contributed by atoms with Crippen LogP contribution in [0, 0.1) is 11.3 Å². The van der Waals surface area contributed by atoms with E-state index in [-0.39, 0.29) is 5.97 Å². The van der Waals surface area contributed by atoms with Crippen molar-refractivity contribution in [1.29, 1.82) is 5.26 Å². The van der Waals surface area contributed by atoms with Crippen molar-refractivity contribution in [3.8, 4) is 6.07 Å². The normalized spacial score (nSPS) is 15.6. The molecule has 0 amide bonds. The van der Waals surface area contributed by atoms with Gasteiger partial charge in [-0.3, -0.25) is 9.69 Å². The number of carbonyl (C=O) groups excluding carboxylic acids is 1. The lowest BCUT2D eigenvalue weighted by molar-refractivity contribution is -0.141. The van der Waals surface area contributed by atoms with Crippen LogP contribution in [0.5, 0.6) is 0 Å². The number of esters is 1. The number of carbonyl (C=O) groups is 1. The van der Waals surface area contributed by atoms with Gasteiger partial charge in [0.1, 0.15) is 6.07 Å². The van der Waals surface area contributed by atoms with Gasteiger partial charge >= 0.3 is 5.97 Å². The minimum atomic E-state index is -0.170. The van der Waals surface area contributed by atoms with Crippen LogP contribution in [0.3, 0.4) is 0 Å². The molecule has 1 aromatic carbocycles. The third-order valence-corrected chi connectivity index (χ3v) is 3.98. The van der Waals surface area contributed by atoms with Gasteiger partial charge in [-0.15, -0.1) is 0 Å². The Hall–Kier alpha value is -1.77. The molecule has 1 saturated heterocycles. The Morgan fingerprint density at radius 2 is 2.10 bits per heavy atom. The summed E-state index contributed by atoms with van der Waals surface area (Å²) >= 11 is 6.07. The molecule has 0 saturated carbocycles. The SMILES string of the molecule is COC(=O)CCN1CCN(c2ccc(C#N)c(Cl)c2)CC1. The number of hydrogen-bond donors (Lipinski definition) is 0. The molecule has 112 valence electrons. The summed E-state index contributed by atoms with van der Waals surface area (Å²) in [6.07, 6.45) is 0.430. The Labute approximate surface area is 129 Å². The van der Waals surface area contributed by atoms with Gasteiger partial charge in [0.2, 0.25) is 0 Å². The van der Waals surface area contributed by atoms with Crippen LogP contribution in [-0.2, 0) is 9.53 Å². The zero-order valence-electron chi connectivity index (χ0n) is 12.0. The van der Waals surface area contributed by atoms with Crippen LogP contribution in [-0.4, -0.2) is 50.7 Å². The molecule has 0 atom stereocenters. The van der Waals surface area contributed by atoms with E-state index < -0.39 is 0 Å². The first-order chi connectivity index (χ1) is 10.1. The molecule has 21 heavy (non-hydrogen) atoms. The van der Waals surface area contributed by atoms with E-state index in [1.165, 1.54) is 7.11 Å². The molecule has 0 radical (unpaired) electrons. The van der Waals surface area contributed by atoms with Crippen molar-refractivity contribution in [3.63, 3.8) is 0 Å². The number of hydrogen-bond acceptors (Lipinski definition) is 5. The molecule has 0 aliphatic carbocycles. The maximum absolute atomic E-state index is 11.1. The van der Waals surface area contributed by atoms with Crippen molar-refractivity contribution in [2.45, 2.75) is 6.42 Å². The molecule has 0 unspecified atom stereocenters. The first kappa shape index (κ1) is 15.6. The molecule has 5 nitrogen and oxygen atoms in total. The topological polar surface area (TPSA) is 56.6 Å². The van der Waals surface area contributed by atoms with Crippen LogP contribution in [0.15, 0.2) is 18.2 Å². The second-order valence-electron chi connectivity index (χ2n) is 4.93. The van der Waals surface area contributed by atoms with Crippen LogP contribution in [0.2, 0.25) is 5.02 Å². The van der Waals surface area contributed by atoms with Crippen LogP contribution < -0.4 is 4.90 Å². The first-order valence-electron chi connectivity index (χ1n) is 6.88. The van der Waals surface area contributed by atoms with E-state index in [2.05, 4.69) is 20.6 Å². The summed E-state index contributed by atoms with van der Waals surface area (Å²) in [5.74, 6) is -0.170. The number of halogens is 1. The molecule has 0 N–H and O–H groups in total. The summed E-state index contributed by atoms with van der Waals surface area (Å²) < 4.78 is 4.65. The second kappa shape index (κ2) is 7.30. The van der Waals surface area contributed by atoms with E-state index in [9.17, 15) is 4.79 Å². The molecule has 0 aromatic heterocycles. The van der Waals surface area contributed by atoms with E-state index in [0.717, 1.165) is 38.4 Å². The van der Waals surface area contributed by atoms with E-state index in [0.29, 0.717) is 17.0 Å². The fourth-order valence-corrected chi connectivity index (χ4v) is 2.59. The zero-order valence-corrected chi connectivity index (χ0v) is 12.8. The highest BCUT2D eigenvalue weighted by atomic mass is 35.5. The highest BCUT2D eigenvalue weighted by Gasteiger charge is 2.18. The Morgan fingerprint density at radius 3 is 2.67 bits per heavy atom. The van der Waals surface area contributed by atoms with Gasteiger partial charge in [0.25, 0.3) is 0 Å². The van der Waals surface area contributed by atoms with Crippen molar-refractivity contribution in [2.24, 2.45) is 0 Å². The minimum Gasteiger partial charge on any atom is -0.469 e. The van der Waals surface area contributed by atoms with Crippen LogP contribution >= 0.6 is 11.6 Å². The Balaban J connectivity index is 1.88. The number of piperazine rings is 1. The zero-order chi connectivity index (χ0) is 15.2. The Kier molecular flexibility index (Phi) is 5.43. The maximum Gasteiger partial charge on any atom is 0.306 e. The fourth-order valence-electron chi connectivity index (χ4n) is 2.37. The summed E-state index contributed by atoms with van der Waals surface area (Å²) in [7, 11) is 1.41. The number of methoxy groups -OCH3 is 1. The number of benzene rings is 1. The predicted molar refractivity (Wildman–Crippen MR) is 81.5 cm³/mol. The smallest absolute Gasteiger partial charge is 0.306 e. The van der Waals surface area contributed by atoms with E-state index in [4.69, 9.17) is 16.9 Å². The third-order valence-electron chi connectivity index (χ3n) is 3.67. The molecule has 6 heteroatoms. The lowest BCUT2D eigenvalue weighted by Gasteiger charge is -2.36. The van der Waals surface area contributed by atoms with Crippen LogP contribution in [0.4, 0.5) is 5.69 Å². The number of nitrogens with zero attached hydrogens (tertiary/aromatic N) is 3. The van der Waals surface area contributed by atoms with Crippen molar-refractivity contribution in [1.82, 2.24) is 4.90 Å². The van der Waals surface area contributed by atoms with Gasteiger partial charge in [-0.25, -0.2) is 0 Å². The highest BCUT2D eigenvalue weighted by Crippen LogP contribution is 2.24. The van der Waals surface area contributed by atoms with Crippen LogP contribution in [0.1, 0.15) is 12.0 Å². The molecule has 1 fully saturated rings. The minimum absolute atomic E-state index is 0.170. The van der Waals surface area contributed by atoms with Gasteiger partial charge in [-0.1, -0.05) is 11.6 Å². The van der Waals surface area contributed by atoms with Gasteiger partial charge in [0.15, 0.2) is 0 Å². The molecule has 2 rings (SSSR count). The fraction of sp³-hybridized carbons (Fsp3) is 0.467. The Morgan fingerprint density at radius 1 is 1.38 bits per heavy atom. The monoisotopic (exact) mass is 307 g/mol. The number of rotatable bonds is 4. The van der Waals surface area contributed by atoms with Crippen LogP contribution in [0.25, 0.3) is 0 Å². The summed E-state index contributed by atoms with van der Waals surface area (Å²) in [6.45, 7) is 4.28. The summed E-state index contributed by atoms with van der Waals surface area (Å²) in [4.78, 5) is 15.6. The van der Waals surface area contributed by atoms with Crippen molar-refractivity contribution < 1.29 is 9.53 Å². The van der Waals surface area contributed by atoms with Gasteiger partial charge in [-0.05, 0) is 18.2 Å². The molecule has 0 spiro atoms. The molecule has 1 heterocycles. The summed E-state index contributed by atoms with van der Waals surface area (Å²) in [5.41, 5.74) is 1.53. The van der Waals surface area contributed by atoms with Crippen molar-refractivity contribution in [3.05, 3.63) is 28.8 Å². The molecular formula is C15H18ClN3O2. The maximum atomic E-state index is 11.1. The van der Waals surface area contributed by atoms with E-state index >= 15 is 0 Å². The van der Waals surface area contributed by atoms with Crippen molar-refractivity contribution in [2.75, 3.05) is 44.7 Å². The molecular weight excluding hydrogens is 290 g/mol. The third kappa shape index (κ3) is 4.10. The Bertz CT molecular complexity index is 548. The standard InChI is InChI=1S/C15H18ClN3O2/c1-21-15(20)4-5-18-6-8-19(9-7-18)13-3-2-12(11-17)14(16)10-13/h2-3,10H,4-9H2,1H3. The summed E-state index contributed by atoms with van der Waals surface area (Å²) in [5, 5.41) is 9.38.